The van der Waals surface area contributed by atoms with Gasteiger partial charge in [0.25, 0.3) is 0 Å². The Hall–Kier alpha value is -0.920. The molecule has 2 rings (SSSR count). The fraction of sp³-hybridized carbons (Fsp3) is 0.429. The maximum Gasteiger partial charge on any atom is 0.116 e. The van der Waals surface area contributed by atoms with Crippen molar-refractivity contribution in [1.29, 1.82) is 0 Å². The van der Waals surface area contributed by atoms with E-state index in [1.165, 1.54) is 17.7 Å². The van der Waals surface area contributed by atoms with Crippen molar-refractivity contribution in [2.45, 2.75) is 19.3 Å². The van der Waals surface area contributed by atoms with Crippen molar-refractivity contribution in [3.05, 3.63) is 23.8 Å². The van der Waals surface area contributed by atoms with Crippen LogP contribution >= 0.6 is 0 Å². The van der Waals surface area contributed by atoms with E-state index in [1.54, 1.807) is 6.33 Å². The molecule has 45 valence electrons. The zero-order chi connectivity index (χ0) is 6.10. The van der Waals surface area contributed by atoms with E-state index < -0.39 is 0 Å². The van der Waals surface area contributed by atoms with Crippen LogP contribution in [-0.4, -0.2) is 9.97 Å². The molecule has 0 spiro atoms. The fourth-order valence-corrected chi connectivity index (χ4v) is 1.20. The molecule has 0 saturated heterocycles. The minimum absolute atomic E-state index is 1.12. The van der Waals surface area contributed by atoms with Gasteiger partial charge in [-0.2, -0.15) is 0 Å². The van der Waals surface area contributed by atoms with E-state index in [0.717, 1.165) is 12.8 Å². The highest BCUT2D eigenvalue weighted by molar-refractivity contribution is 5.19. The van der Waals surface area contributed by atoms with Gasteiger partial charge in [-0.3, -0.25) is 0 Å². The summed E-state index contributed by atoms with van der Waals surface area (Å²) in [6.07, 6.45) is 7.98. The molecule has 2 heteroatoms. The summed E-state index contributed by atoms with van der Waals surface area (Å²) in [4.78, 5) is 7.94. The van der Waals surface area contributed by atoms with Gasteiger partial charge in [0.15, 0.2) is 0 Å². The predicted molar refractivity (Wildman–Crippen MR) is 32.9 cm³/mol. The van der Waals surface area contributed by atoms with Crippen LogP contribution in [0.1, 0.15) is 17.7 Å². The number of hydrogen-bond donors (Lipinski definition) is 0. The van der Waals surface area contributed by atoms with Crippen molar-refractivity contribution in [2.75, 3.05) is 0 Å². The molecule has 0 saturated carbocycles. The van der Waals surface area contributed by atoms with Gasteiger partial charge < -0.3 is 0 Å². The number of rotatable bonds is 0. The third-order valence-corrected chi connectivity index (χ3v) is 1.66. The van der Waals surface area contributed by atoms with Gasteiger partial charge in [-0.05, 0) is 19.3 Å². The number of nitrogens with zero attached hydrogens (tertiary/aromatic N) is 2. The molecule has 0 amide bonds. The summed E-state index contributed by atoms with van der Waals surface area (Å²) >= 11 is 0. The molecule has 1 aromatic rings. The lowest BCUT2D eigenvalue weighted by Gasteiger charge is -1.90. The van der Waals surface area contributed by atoms with Crippen molar-refractivity contribution in [2.24, 2.45) is 0 Å². The van der Waals surface area contributed by atoms with Crippen LogP contribution in [0, 0.1) is 6.20 Å². The van der Waals surface area contributed by atoms with Crippen molar-refractivity contribution in [1.82, 2.24) is 9.97 Å². The summed E-state index contributed by atoms with van der Waals surface area (Å²) in [6.45, 7) is 0. The second kappa shape index (κ2) is 1.79. The van der Waals surface area contributed by atoms with Gasteiger partial charge >= 0.3 is 0 Å². The minimum atomic E-state index is 1.12. The van der Waals surface area contributed by atoms with E-state index in [9.17, 15) is 0 Å². The molecule has 1 radical (unpaired) electrons. The van der Waals surface area contributed by atoms with E-state index in [4.69, 9.17) is 0 Å². The Labute approximate surface area is 54.0 Å². The largest absolute Gasteiger partial charge is 0.241 e. The molecule has 0 unspecified atom stereocenters. The van der Waals surface area contributed by atoms with Crippen molar-refractivity contribution >= 4 is 0 Å². The fourth-order valence-electron chi connectivity index (χ4n) is 1.20. The van der Waals surface area contributed by atoms with Gasteiger partial charge in [0.05, 0.1) is 6.20 Å². The first-order valence-electron chi connectivity index (χ1n) is 3.17. The summed E-state index contributed by atoms with van der Waals surface area (Å²) in [5, 5.41) is 0. The molecule has 1 aromatic heterocycles. The van der Waals surface area contributed by atoms with Gasteiger partial charge in [-0.1, -0.05) is 0 Å². The second-order valence-electron chi connectivity index (χ2n) is 2.26. The monoisotopic (exact) mass is 119 g/mol. The Morgan fingerprint density at radius 2 is 2.44 bits per heavy atom. The zero-order valence-corrected chi connectivity index (χ0v) is 5.09. The summed E-state index contributed by atoms with van der Waals surface area (Å²) in [5.74, 6) is 0. The smallest absolute Gasteiger partial charge is 0.116 e. The first-order valence-corrected chi connectivity index (χ1v) is 3.17. The van der Waals surface area contributed by atoms with Gasteiger partial charge in [-0.25, -0.2) is 9.97 Å². The lowest BCUT2D eigenvalue weighted by atomic mass is 10.3. The highest BCUT2D eigenvalue weighted by atomic mass is 14.8. The molecule has 0 fully saturated rings. The predicted octanol–water partition coefficient (Wildman–Crippen LogP) is 0.765. The molecule has 9 heavy (non-hydrogen) atoms. The molecular weight excluding hydrogens is 112 g/mol. The summed E-state index contributed by atoms with van der Waals surface area (Å²) in [7, 11) is 0. The van der Waals surface area contributed by atoms with Crippen molar-refractivity contribution in [3.8, 4) is 0 Å². The van der Waals surface area contributed by atoms with E-state index >= 15 is 0 Å². The lowest BCUT2D eigenvalue weighted by Crippen LogP contribution is -1.87. The van der Waals surface area contributed by atoms with E-state index in [1.807, 2.05) is 0 Å². The Morgan fingerprint density at radius 3 is 3.33 bits per heavy atom. The van der Waals surface area contributed by atoms with Crippen LogP contribution in [0.4, 0.5) is 0 Å². The first-order chi connectivity index (χ1) is 4.47. The van der Waals surface area contributed by atoms with Crippen LogP contribution in [0.15, 0.2) is 6.33 Å². The van der Waals surface area contributed by atoms with Crippen LogP contribution in [0.25, 0.3) is 0 Å². The normalized spacial score (nSPS) is 15.6. The Morgan fingerprint density at radius 1 is 1.44 bits per heavy atom. The molecular formula is C7H7N2. The number of aromatic nitrogens is 2. The molecule has 1 aliphatic carbocycles. The Kier molecular flexibility index (Phi) is 0.979. The topological polar surface area (TPSA) is 25.8 Å². The zero-order valence-electron chi connectivity index (χ0n) is 5.09. The average Bonchev–Trinajstić information content (AvgIpc) is 2.33. The third-order valence-electron chi connectivity index (χ3n) is 1.66. The first kappa shape index (κ1) is 4.91. The Bertz CT molecular complexity index is 197. The van der Waals surface area contributed by atoms with Gasteiger partial charge in [0, 0.05) is 11.3 Å². The lowest BCUT2D eigenvalue weighted by molar-refractivity contribution is 0.899. The van der Waals surface area contributed by atoms with Gasteiger partial charge in [0.1, 0.15) is 6.33 Å². The quantitative estimate of drug-likeness (QED) is 0.504. The molecule has 0 bridgehead atoms. The summed E-state index contributed by atoms with van der Waals surface area (Å²) < 4.78 is 0. The highest BCUT2D eigenvalue weighted by Crippen LogP contribution is 2.16. The maximum atomic E-state index is 4.12. The Balaban J connectivity index is 2.54. The number of fused-ring (bicyclic) bond motifs is 1. The summed E-state index contributed by atoms with van der Waals surface area (Å²) in [5.41, 5.74) is 2.42. The summed E-state index contributed by atoms with van der Waals surface area (Å²) in [6, 6.07) is 0. The van der Waals surface area contributed by atoms with Crippen LogP contribution in [-0.2, 0) is 12.8 Å². The average molecular weight is 119 g/mol. The molecule has 1 heterocycles. The van der Waals surface area contributed by atoms with Crippen molar-refractivity contribution < 1.29 is 0 Å². The molecule has 0 atom stereocenters. The molecule has 1 aliphatic rings. The standard InChI is InChI=1S/C7H7N2/c1-2-6-4-8-5-9-7(6)3-1/h5H,1-3H2. The van der Waals surface area contributed by atoms with Gasteiger partial charge in [-0.15, -0.1) is 0 Å². The van der Waals surface area contributed by atoms with Crippen LogP contribution in [0.2, 0.25) is 0 Å². The number of aryl methyl sites for hydroxylation is 2. The van der Waals surface area contributed by atoms with E-state index in [2.05, 4.69) is 16.2 Å². The molecule has 0 aromatic carbocycles. The molecule has 0 N–H and O–H groups in total. The van der Waals surface area contributed by atoms with Crippen LogP contribution < -0.4 is 0 Å². The number of hydrogen-bond acceptors (Lipinski definition) is 2. The highest BCUT2D eigenvalue weighted by Gasteiger charge is 2.10. The minimum Gasteiger partial charge on any atom is -0.241 e. The second-order valence-corrected chi connectivity index (χ2v) is 2.26. The third kappa shape index (κ3) is 0.707. The van der Waals surface area contributed by atoms with Crippen molar-refractivity contribution in [3.63, 3.8) is 0 Å². The van der Waals surface area contributed by atoms with E-state index in [0.29, 0.717) is 0 Å². The van der Waals surface area contributed by atoms with Gasteiger partial charge in [0.2, 0.25) is 0 Å². The van der Waals surface area contributed by atoms with Crippen LogP contribution in [0.5, 0.6) is 0 Å². The molecule has 0 aliphatic heterocycles. The maximum absolute atomic E-state index is 4.12. The molecule has 2 nitrogen and oxygen atoms in total. The van der Waals surface area contributed by atoms with E-state index in [-0.39, 0.29) is 0 Å². The van der Waals surface area contributed by atoms with Crippen LogP contribution in [0.3, 0.4) is 0 Å². The SMILES string of the molecule is [c]1ncnc2c1CCC2.